The molecule has 1 fully saturated rings. The molecule has 0 radical (unpaired) electrons. The maximum Gasteiger partial charge on any atom is 0.251 e. The second kappa shape index (κ2) is 7.11. The molecule has 0 spiro atoms. The molecule has 0 saturated heterocycles. The number of benzene rings is 1. The van der Waals surface area contributed by atoms with Gasteiger partial charge in [0, 0.05) is 11.6 Å². The first-order valence-corrected chi connectivity index (χ1v) is 8.38. The largest absolute Gasteiger partial charge is 0.349 e. The van der Waals surface area contributed by atoms with Crippen LogP contribution in [-0.4, -0.2) is 11.9 Å². The Balaban J connectivity index is 1.96. The number of carbonyl (C=O) groups excluding carboxylic acids is 1. The van der Waals surface area contributed by atoms with Crippen molar-refractivity contribution in [1.29, 1.82) is 0 Å². The molecule has 116 valence electrons. The standard InChI is InChI=1S/C19H29NO/c1-19(2,3)16-13-11-15(12-14-16)18(21)20-17-9-7-5-4-6-8-10-17/h11-14,17H,4-10H2,1-3H3,(H,20,21). The fourth-order valence-electron chi connectivity index (χ4n) is 2.99. The minimum atomic E-state index is 0.0843. The molecule has 1 saturated carbocycles. The summed E-state index contributed by atoms with van der Waals surface area (Å²) in [6.07, 6.45) is 8.73. The molecule has 0 atom stereocenters. The van der Waals surface area contributed by atoms with Gasteiger partial charge in [-0.2, -0.15) is 0 Å². The van der Waals surface area contributed by atoms with Gasteiger partial charge in [0.05, 0.1) is 0 Å². The van der Waals surface area contributed by atoms with Gasteiger partial charge >= 0.3 is 0 Å². The Labute approximate surface area is 129 Å². The zero-order chi connectivity index (χ0) is 15.3. The van der Waals surface area contributed by atoms with Crippen molar-refractivity contribution in [2.45, 2.75) is 77.2 Å². The van der Waals surface area contributed by atoms with Crippen molar-refractivity contribution in [1.82, 2.24) is 5.32 Å². The van der Waals surface area contributed by atoms with Crippen LogP contribution < -0.4 is 5.32 Å². The number of nitrogens with one attached hydrogen (secondary N) is 1. The first-order chi connectivity index (χ1) is 9.97. The Morgan fingerprint density at radius 1 is 0.952 bits per heavy atom. The molecule has 0 aliphatic heterocycles. The monoisotopic (exact) mass is 287 g/mol. The molecular formula is C19H29NO. The third kappa shape index (κ3) is 4.87. The first kappa shape index (κ1) is 16.1. The Morgan fingerprint density at radius 3 is 2.00 bits per heavy atom. The molecule has 1 aromatic carbocycles. The summed E-state index contributed by atoms with van der Waals surface area (Å²) in [5.41, 5.74) is 2.18. The van der Waals surface area contributed by atoms with Crippen molar-refractivity contribution in [3.63, 3.8) is 0 Å². The second-order valence-electron chi connectivity index (χ2n) is 7.34. The van der Waals surface area contributed by atoms with E-state index in [0.717, 1.165) is 18.4 Å². The number of carbonyl (C=O) groups is 1. The van der Waals surface area contributed by atoms with Crippen LogP contribution >= 0.6 is 0 Å². The van der Waals surface area contributed by atoms with Gasteiger partial charge in [0.25, 0.3) is 5.91 Å². The molecule has 0 bridgehead atoms. The van der Waals surface area contributed by atoms with E-state index in [1.807, 2.05) is 12.1 Å². The summed E-state index contributed by atoms with van der Waals surface area (Å²) >= 11 is 0. The summed E-state index contributed by atoms with van der Waals surface area (Å²) in [5.74, 6) is 0.0843. The van der Waals surface area contributed by atoms with Gasteiger partial charge in [-0.1, -0.05) is 65.0 Å². The molecule has 2 heteroatoms. The van der Waals surface area contributed by atoms with Crippen LogP contribution in [0.4, 0.5) is 0 Å². The molecule has 0 unspecified atom stereocenters. The van der Waals surface area contributed by atoms with Gasteiger partial charge in [-0.25, -0.2) is 0 Å². The summed E-state index contributed by atoms with van der Waals surface area (Å²) in [4.78, 5) is 12.4. The van der Waals surface area contributed by atoms with E-state index in [2.05, 4.69) is 38.2 Å². The van der Waals surface area contributed by atoms with E-state index in [-0.39, 0.29) is 11.3 Å². The summed E-state index contributed by atoms with van der Waals surface area (Å²) in [5, 5.41) is 3.22. The summed E-state index contributed by atoms with van der Waals surface area (Å²) in [6, 6.07) is 8.43. The topological polar surface area (TPSA) is 29.1 Å². The average Bonchev–Trinajstić information content (AvgIpc) is 2.41. The van der Waals surface area contributed by atoms with E-state index in [1.54, 1.807) is 0 Å². The van der Waals surface area contributed by atoms with Gasteiger partial charge in [-0.15, -0.1) is 0 Å². The Bertz CT molecular complexity index is 447. The number of hydrogen-bond acceptors (Lipinski definition) is 1. The molecule has 0 heterocycles. The van der Waals surface area contributed by atoms with Crippen LogP contribution in [0.2, 0.25) is 0 Å². The fraction of sp³-hybridized carbons (Fsp3) is 0.632. The molecule has 1 aromatic rings. The van der Waals surface area contributed by atoms with Crippen LogP contribution in [-0.2, 0) is 5.41 Å². The smallest absolute Gasteiger partial charge is 0.251 e. The predicted molar refractivity (Wildman–Crippen MR) is 88.7 cm³/mol. The highest BCUT2D eigenvalue weighted by Gasteiger charge is 2.17. The lowest BCUT2D eigenvalue weighted by Gasteiger charge is -2.22. The number of hydrogen-bond donors (Lipinski definition) is 1. The van der Waals surface area contributed by atoms with Gasteiger partial charge in [0.15, 0.2) is 0 Å². The van der Waals surface area contributed by atoms with E-state index >= 15 is 0 Å². The number of rotatable bonds is 2. The Morgan fingerprint density at radius 2 is 1.48 bits per heavy atom. The molecule has 1 aliphatic rings. The third-order valence-electron chi connectivity index (χ3n) is 4.45. The van der Waals surface area contributed by atoms with E-state index < -0.39 is 0 Å². The molecule has 1 aliphatic carbocycles. The van der Waals surface area contributed by atoms with Crippen LogP contribution in [0.25, 0.3) is 0 Å². The van der Waals surface area contributed by atoms with Crippen LogP contribution in [0.15, 0.2) is 24.3 Å². The molecular weight excluding hydrogens is 258 g/mol. The highest BCUT2D eigenvalue weighted by Crippen LogP contribution is 2.22. The first-order valence-electron chi connectivity index (χ1n) is 8.38. The van der Waals surface area contributed by atoms with Gasteiger partial charge in [-0.05, 0) is 36.0 Å². The lowest BCUT2D eigenvalue weighted by atomic mass is 9.86. The van der Waals surface area contributed by atoms with Gasteiger partial charge in [-0.3, -0.25) is 4.79 Å². The molecule has 21 heavy (non-hydrogen) atoms. The summed E-state index contributed by atoms with van der Waals surface area (Å²) < 4.78 is 0. The predicted octanol–water partition coefficient (Wildman–Crippen LogP) is 4.83. The van der Waals surface area contributed by atoms with Crippen molar-refractivity contribution in [2.75, 3.05) is 0 Å². The number of amides is 1. The van der Waals surface area contributed by atoms with Gasteiger partial charge in [0.2, 0.25) is 0 Å². The van der Waals surface area contributed by atoms with Crippen molar-refractivity contribution < 1.29 is 4.79 Å². The van der Waals surface area contributed by atoms with Crippen molar-refractivity contribution >= 4 is 5.91 Å². The molecule has 0 aromatic heterocycles. The van der Waals surface area contributed by atoms with E-state index in [9.17, 15) is 4.79 Å². The lowest BCUT2D eigenvalue weighted by Crippen LogP contribution is -2.35. The Kier molecular flexibility index (Phi) is 5.44. The van der Waals surface area contributed by atoms with Crippen molar-refractivity contribution in [3.8, 4) is 0 Å². The maximum atomic E-state index is 12.4. The van der Waals surface area contributed by atoms with E-state index in [0.29, 0.717) is 6.04 Å². The summed E-state index contributed by atoms with van der Waals surface area (Å²) in [7, 11) is 0. The van der Waals surface area contributed by atoms with Crippen LogP contribution in [0.5, 0.6) is 0 Å². The molecule has 2 nitrogen and oxygen atoms in total. The normalized spacial score (nSPS) is 17.9. The quantitative estimate of drug-likeness (QED) is 0.829. The lowest BCUT2D eigenvalue weighted by molar-refractivity contribution is 0.0930. The van der Waals surface area contributed by atoms with Gasteiger partial charge < -0.3 is 5.32 Å². The Hall–Kier alpha value is -1.31. The highest BCUT2D eigenvalue weighted by molar-refractivity contribution is 5.94. The fourth-order valence-corrected chi connectivity index (χ4v) is 2.99. The maximum absolute atomic E-state index is 12.4. The minimum Gasteiger partial charge on any atom is -0.349 e. The van der Waals surface area contributed by atoms with Gasteiger partial charge in [0.1, 0.15) is 0 Å². The molecule has 1 amide bonds. The van der Waals surface area contributed by atoms with Crippen molar-refractivity contribution in [2.24, 2.45) is 0 Å². The summed E-state index contributed by atoms with van der Waals surface area (Å²) in [6.45, 7) is 6.57. The minimum absolute atomic E-state index is 0.0843. The zero-order valence-corrected chi connectivity index (χ0v) is 13.7. The van der Waals surface area contributed by atoms with E-state index in [1.165, 1.54) is 37.7 Å². The SMILES string of the molecule is CC(C)(C)c1ccc(C(=O)NC2CCCCCCC2)cc1. The molecule has 2 rings (SSSR count). The average molecular weight is 287 g/mol. The molecule has 1 N–H and O–H groups in total. The van der Waals surface area contributed by atoms with Crippen molar-refractivity contribution in [3.05, 3.63) is 35.4 Å². The van der Waals surface area contributed by atoms with Crippen LogP contribution in [0.3, 0.4) is 0 Å². The van der Waals surface area contributed by atoms with Crippen LogP contribution in [0, 0.1) is 0 Å². The van der Waals surface area contributed by atoms with E-state index in [4.69, 9.17) is 0 Å². The third-order valence-corrected chi connectivity index (χ3v) is 4.45. The highest BCUT2D eigenvalue weighted by atomic mass is 16.1. The zero-order valence-electron chi connectivity index (χ0n) is 13.7. The van der Waals surface area contributed by atoms with Crippen LogP contribution in [0.1, 0.15) is 81.6 Å². The second-order valence-corrected chi connectivity index (χ2v) is 7.34.